The Bertz CT molecular complexity index is 1170. The van der Waals surface area contributed by atoms with E-state index in [1.807, 2.05) is 49.4 Å². The van der Waals surface area contributed by atoms with Crippen LogP contribution in [0.1, 0.15) is 17.8 Å². The van der Waals surface area contributed by atoms with Gasteiger partial charge in [0, 0.05) is 28.3 Å². The van der Waals surface area contributed by atoms with Crippen molar-refractivity contribution in [2.75, 3.05) is 0 Å². The molecule has 0 fully saturated rings. The number of rotatable bonds is 3. The van der Waals surface area contributed by atoms with Crippen LogP contribution in [0.3, 0.4) is 0 Å². The summed E-state index contributed by atoms with van der Waals surface area (Å²) < 4.78 is 9.51. The van der Waals surface area contributed by atoms with E-state index < -0.39 is 0 Å². The van der Waals surface area contributed by atoms with Gasteiger partial charge < -0.3 is 4.74 Å². The van der Waals surface area contributed by atoms with Crippen molar-refractivity contribution in [2.45, 2.75) is 26.3 Å². The second kappa shape index (κ2) is 6.46. The monoisotopic (exact) mass is 420 g/mol. The van der Waals surface area contributed by atoms with Crippen molar-refractivity contribution in [1.29, 1.82) is 0 Å². The molecule has 5 rings (SSSR count). The zero-order valence-electron chi connectivity index (χ0n) is 14.8. The fourth-order valence-electron chi connectivity index (χ4n) is 3.55. The molecule has 134 valence electrons. The van der Waals surface area contributed by atoms with Crippen LogP contribution in [0, 0.1) is 6.92 Å². The van der Waals surface area contributed by atoms with Crippen LogP contribution in [0.4, 0.5) is 0 Å². The molecule has 0 unspecified atom stereocenters. The smallest absolute Gasteiger partial charge is 0.178 e. The van der Waals surface area contributed by atoms with Crippen LogP contribution in [0.2, 0.25) is 0 Å². The summed E-state index contributed by atoms with van der Waals surface area (Å²) in [4.78, 5) is 9.11. The summed E-state index contributed by atoms with van der Waals surface area (Å²) >= 11 is 3.50. The topological polar surface area (TPSA) is 52.8 Å². The zero-order chi connectivity index (χ0) is 18.4. The van der Waals surface area contributed by atoms with Gasteiger partial charge in [0.05, 0.1) is 16.9 Å². The Labute approximate surface area is 165 Å². The van der Waals surface area contributed by atoms with Crippen LogP contribution in [0.15, 0.2) is 53.1 Å². The molecule has 0 spiro atoms. The first-order valence-corrected chi connectivity index (χ1v) is 9.74. The molecule has 0 atom stereocenters. The molecule has 3 aromatic heterocycles. The van der Waals surface area contributed by atoms with E-state index in [2.05, 4.69) is 30.6 Å². The number of benzene rings is 1. The highest BCUT2D eigenvalue weighted by atomic mass is 79.9. The lowest BCUT2D eigenvalue weighted by Crippen LogP contribution is -1.95. The summed E-state index contributed by atoms with van der Waals surface area (Å²) in [6, 6.07) is 13.9. The predicted octanol–water partition coefficient (Wildman–Crippen LogP) is 5.30. The number of pyridine rings is 2. The quantitative estimate of drug-likeness (QED) is 0.450. The Hall–Kier alpha value is -2.73. The number of fused-ring (bicyclic) bond motifs is 2. The SMILES string of the molecule is Cc1cccc(-c2nn3c(c2Oc2ccnc4cc(Br)ccc24)CCC3)n1. The molecule has 4 heterocycles. The van der Waals surface area contributed by atoms with Crippen molar-refractivity contribution in [3.05, 3.63) is 64.5 Å². The van der Waals surface area contributed by atoms with Crippen molar-refractivity contribution < 1.29 is 4.74 Å². The highest BCUT2D eigenvalue weighted by Gasteiger charge is 2.25. The molecule has 6 heteroatoms. The summed E-state index contributed by atoms with van der Waals surface area (Å²) in [7, 11) is 0. The molecular formula is C21H17BrN4O. The lowest BCUT2D eigenvalue weighted by Gasteiger charge is -2.10. The number of hydrogen-bond acceptors (Lipinski definition) is 4. The molecule has 0 saturated heterocycles. The van der Waals surface area contributed by atoms with E-state index in [0.717, 1.165) is 69.0 Å². The van der Waals surface area contributed by atoms with Crippen LogP contribution < -0.4 is 4.74 Å². The third kappa shape index (κ3) is 2.90. The first kappa shape index (κ1) is 16.4. The summed E-state index contributed by atoms with van der Waals surface area (Å²) in [5, 5.41) is 5.77. The average Bonchev–Trinajstić information content (AvgIpc) is 3.24. The third-order valence-corrected chi connectivity index (χ3v) is 5.29. The molecule has 0 radical (unpaired) electrons. The molecule has 0 saturated carbocycles. The molecule has 0 aliphatic carbocycles. The lowest BCUT2D eigenvalue weighted by molar-refractivity contribution is 0.483. The number of aryl methyl sites for hydroxylation is 2. The number of ether oxygens (including phenoxy) is 1. The van der Waals surface area contributed by atoms with Gasteiger partial charge in [-0.05, 0) is 56.2 Å². The first-order chi connectivity index (χ1) is 13.2. The van der Waals surface area contributed by atoms with Crippen molar-refractivity contribution in [2.24, 2.45) is 0 Å². The van der Waals surface area contributed by atoms with Gasteiger partial charge in [0.1, 0.15) is 5.75 Å². The molecule has 0 amide bonds. The van der Waals surface area contributed by atoms with Crippen molar-refractivity contribution >= 4 is 26.8 Å². The van der Waals surface area contributed by atoms with Gasteiger partial charge in [-0.25, -0.2) is 0 Å². The Morgan fingerprint density at radius 2 is 2.07 bits per heavy atom. The van der Waals surface area contributed by atoms with Gasteiger partial charge in [0.15, 0.2) is 11.4 Å². The summed E-state index contributed by atoms with van der Waals surface area (Å²) in [6.07, 6.45) is 3.82. The summed E-state index contributed by atoms with van der Waals surface area (Å²) in [5.41, 5.74) is 4.63. The standard InChI is InChI=1S/C21H17BrN4O/c1-13-4-2-5-16(24-13)20-21(18-6-3-11-26(18)25-20)27-19-9-10-23-17-12-14(22)7-8-15(17)19/h2,4-5,7-10,12H,3,6,11H2,1H3. The fourth-order valence-corrected chi connectivity index (χ4v) is 3.90. The van der Waals surface area contributed by atoms with Gasteiger partial charge >= 0.3 is 0 Å². The van der Waals surface area contributed by atoms with Crippen LogP contribution >= 0.6 is 15.9 Å². The Morgan fingerprint density at radius 1 is 1.15 bits per heavy atom. The predicted molar refractivity (Wildman–Crippen MR) is 108 cm³/mol. The van der Waals surface area contributed by atoms with E-state index in [1.54, 1.807) is 6.20 Å². The van der Waals surface area contributed by atoms with Gasteiger partial charge in [-0.2, -0.15) is 5.10 Å². The molecule has 4 aromatic rings. The minimum absolute atomic E-state index is 0.782. The molecule has 5 nitrogen and oxygen atoms in total. The lowest BCUT2D eigenvalue weighted by atomic mass is 10.2. The van der Waals surface area contributed by atoms with Gasteiger partial charge in [-0.1, -0.05) is 22.0 Å². The molecule has 1 aromatic carbocycles. The van der Waals surface area contributed by atoms with Crippen molar-refractivity contribution in [1.82, 2.24) is 19.7 Å². The second-order valence-corrected chi connectivity index (χ2v) is 7.60. The Kier molecular flexibility index (Phi) is 3.93. The van der Waals surface area contributed by atoms with E-state index in [1.165, 1.54) is 0 Å². The van der Waals surface area contributed by atoms with Crippen LogP contribution in [-0.4, -0.2) is 19.7 Å². The summed E-state index contributed by atoms with van der Waals surface area (Å²) in [5.74, 6) is 1.59. The first-order valence-electron chi connectivity index (χ1n) is 8.95. The number of nitrogens with zero attached hydrogens (tertiary/aromatic N) is 4. The minimum Gasteiger partial charge on any atom is -0.452 e. The fraction of sp³-hybridized carbons (Fsp3) is 0.190. The van der Waals surface area contributed by atoms with Crippen molar-refractivity contribution in [3.8, 4) is 22.9 Å². The maximum atomic E-state index is 6.46. The van der Waals surface area contributed by atoms with Gasteiger partial charge in [0.25, 0.3) is 0 Å². The van der Waals surface area contributed by atoms with E-state index in [0.29, 0.717) is 0 Å². The minimum atomic E-state index is 0.782. The third-order valence-electron chi connectivity index (χ3n) is 4.80. The van der Waals surface area contributed by atoms with Gasteiger partial charge in [0.2, 0.25) is 0 Å². The van der Waals surface area contributed by atoms with Crippen LogP contribution in [0.5, 0.6) is 11.5 Å². The normalized spacial score (nSPS) is 13.1. The Morgan fingerprint density at radius 3 is 2.96 bits per heavy atom. The molecule has 0 bridgehead atoms. The van der Waals surface area contributed by atoms with Gasteiger partial charge in [-0.15, -0.1) is 0 Å². The van der Waals surface area contributed by atoms with Gasteiger partial charge in [-0.3, -0.25) is 14.6 Å². The Balaban J connectivity index is 1.66. The molecular weight excluding hydrogens is 404 g/mol. The molecule has 1 aliphatic heterocycles. The molecule has 1 aliphatic rings. The highest BCUT2D eigenvalue weighted by Crippen LogP contribution is 2.40. The average molecular weight is 421 g/mol. The number of hydrogen-bond donors (Lipinski definition) is 0. The van der Waals surface area contributed by atoms with E-state index >= 15 is 0 Å². The van der Waals surface area contributed by atoms with Crippen molar-refractivity contribution in [3.63, 3.8) is 0 Å². The van der Waals surface area contributed by atoms with E-state index in [4.69, 9.17) is 9.84 Å². The zero-order valence-corrected chi connectivity index (χ0v) is 16.4. The molecule has 0 N–H and O–H groups in total. The van der Waals surface area contributed by atoms with Crippen LogP contribution in [-0.2, 0) is 13.0 Å². The number of aromatic nitrogens is 4. The second-order valence-electron chi connectivity index (χ2n) is 6.69. The molecule has 27 heavy (non-hydrogen) atoms. The van der Waals surface area contributed by atoms with E-state index in [9.17, 15) is 0 Å². The maximum absolute atomic E-state index is 6.46. The number of halogens is 1. The van der Waals surface area contributed by atoms with Crippen LogP contribution in [0.25, 0.3) is 22.3 Å². The summed E-state index contributed by atoms with van der Waals surface area (Å²) in [6.45, 7) is 2.91. The maximum Gasteiger partial charge on any atom is 0.178 e. The van der Waals surface area contributed by atoms with E-state index in [-0.39, 0.29) is 0 Å². The highest BCUT2D eigenvalue weighted by molar-refractivity contribution is 9.10. The largest absolute Gasteiger partial charge is 0.452 e.